The lowest BCUT2D eigenvalue weighted by Crippen LogP contribution is -2.24. The molecule has 0 saturated carbocycles. The van der Waals surface area contributed by atoms with Gasteiger partial charge in [0.15, 0.2) is 6.29 Å². The summed E-state index contributed by atoms with van der Waals surface area (Å²) in [5.41, 5.74) is 1.38. The summed E-state index contributed by atoms with van der Waals surface area (Å²) in [4.78, 5) is 0. The van der Waals surface area contributed by atoms with E-state index in [9.17, 15) is 0 Å². The smallest absolute Gasteiger partial charge is 0.157 e. The molecule has 1 saturated heterocycles. The highest BCUT2D eigenvalue weighted by molar-refractivity contribution is 5.27. The Labute approximate surface area is 332 Å². The van der Waals surface area contributed by atoms with Gasteiger partial charge in [0, 0.05) is 6.61 Å². The van der Waals surface area contributed by atoms with Crippen molar-refractivity contribution in [3.63, 3.8) is 0 Å². The molecule has 322 valence electrons. The summed E-state index contributed by atoms with van der Waals surface area (Å²) in [6, 6.07) is 8.46. The van der Waals surface area contributed by atoms with E-state index >= 15 is 0 Å². The van der Waals surface area contributed by atoms with E-state index in [0.29, 0.717) is 145 Å². The summed E-state index contributed by atoms with van der Waals surface area (Å²) in [6.45, 7) is 14.6. The van der Waals surface area contributed by atoms with Gasteiger partial charge in [0.1, 0.15) is 12.4 Å². The summed E-state index contributed by atoms with van der Waals surface area (Å²) in [7, 11) is 0. The third kappa shape index (κ3) is 34.3. The molecule has 55 heavy (non-hydrogen) atoms. The van der Waals surface area contributed by atoms with Crippen molar-refractivity contribution >= 4 is 0 Å². The molecule has 13 heteroatoms. The first-order valence-corrected chi connectivity index (χ1v) is 21.1. The average molecular weight is 789 g/mol. The van der Waals surface area contributed by atoms with Crippen LogP contribution in [0, 0.1) is 0 Å². The number of benzene rings is 1. The van der Waals surface area contributed by atoms with Gasteiger partial charge in [-0.25, -0.2) is 0 Å². The average Bonchev–Trinajstić information content (AvgIpc) is 3.21. The van der Waals surface area contributed by atoms with Crippen LogP contribution >= 0.6 is 0 Å². The molecule has 1 aliphatic heterocycles. The zero-order valence-electron chi connectivity index (χ0n) is 34.2. The number of aryl methyl sites for hydroxylation is 1. The lowest BCUT2D eigenvalue weighted by Gasteiger charge is -2.22. The Bertz CT molecular complexity index is 889. The summed E-state index contributed by atoms with van der Waals surface area (Å²) in [5.74, 6) is 0.887. The number of hydrogen-bond acceptors (Lipinski definition) is 13. The van der Waals surface area contributed by atoms with E-state index in [4.69, 9.17) is 61.6 Å². The van der Waals surface area contributed by atoms with Crippen molar-refractivity contribution < 1.29 is 61.6 Å². The lowest BCUT2D eigenvalue weighted by molar-refractivity contribution is -0.169. The van der Waals surface area contributed by atoms with Crippen LogP contribution in [0.1, 0.15) is 76.7 Å². The number of ether oxygens (including phenoxy) is 13. The van der Waals surface area contributed by atoms with E-state index in [0.717, 1.165) is 31.6 Å². The molecule has 13 nitrogen and oxygen atoms in total. The van der Waals surface area contributed by atoms with Crippen LogP contribution in [0.2, 0.25) is 0 Å². The molecule has 1 aromatic rings. The highest BCUT2D eigenvalue weighted by atomic mass is 16.7. The lowest BCUT2D eigenvalue weighted by atomic mass is 10.0. The minimum atomic E-state index is -0.0662. The molecule has 0 amide bonds. The molecule has 0 radical (unpaired) electrons. The van der Waals surface area contributed by atoms with Gasteiger partial charge in [-0.1, -0.05) is 57.6 Å². The molecular weight excluding hydrogens is 712 g/mol. The molecule has 2 rings (SSSR count). The minimum absolute atomic E-state index is 0.0662. The fourth-order valence-corrected chi connectivity index (χ4v) is 5.42. The van der Waals surface area contributed by atoms with Crippen LogP contribution in [0.25, 0.3) is 0 Å². The Kier molecular flexibility index (Phi) is 36.8. The van der Waals surface area contributed by atoms with Crippen LogP contribution in [-0.4, -0.2) is 158 Å². The van der Waals surface area contributed by atoms with E-state index in [-0.39, 0.29) is 6.29 Å². The maximum Gasteiger partial charge on any atom is 0.157 e. The summed E-state index contributed by atoms with van der Waals surface area (Å²) >= 11 is 0. The Hall–Kier alpha value is -1.46. The van der Waals surface area contributed by atoms with Gasteiger partial charge in [-0.3, -0.25) is 0 Å². The van der Waals surface area contributed by atoms with Crippen LogP contribution in [-0.2, 0) is 63.3 Å². The Morgan fingerprint density at radius 3 is 1.22 bits per heavy atom. The van der Waals surface area contributed by atoms with Crippen molar-refractivity contribution in [2.45, 2.75) is 83.8 Å². The molecule has 0 aromatic heterocycles. The standard InChI is InChI=1S/C42H76O13/c1-2-3-4-5-6-7-8-11-40-13-15-41(16-14-40)53-38-36-51-34-32-49-30-28-47-26-24-45-22-20-43-18-19-44-21-23-46-25-27-48-29-31-50-33-35-52-37-39-55-42-12-9-10-17-54-42/h13-16,42H,2-12,17-39H2,1H3. The number of hydrogen-bond donors (Lipinski definition) is 0. The highest BCUT2D eigenvalue weighted by Crippen LogP contribution is 2.16. The van der Waals surface area contributed by atoms with Crippen LogP contribution in [0.3, 0.4) is 0 Å². The predicted octanol–water partition coefficient (Wildman–Crippen LogP) is 6.07. The van der Waals surface area contributed by atoms with Crippen molar-refractivity contribution in [2.75, 3.05) is 152 Å². The van der Waals surface area contributed by atoms with Gasteiger partial charge in [-0.05, 0) is 49.8 Å². The van der Waals surface area contributed by atoms with E-state index in [2.05, 4.69) is 31.2 Å². The zero-order chi connectivity index (χ0) is 38.8. The molecule has 1 atom stereocenters. The fraction of sp³-hybridized carbons (Fsp3) is 0.857. The molecule has 1 unspecified atom stereocenters. The molecule has 1 fully saturated rings. The molecule has 1 aliphatic rings. The summed E-state index contributed by atoms with van der Waals surface area (Å²) < 4.78 is 72.2. The van der Waals surface area contributed by atoms with Crippen LogP contribution < -0.4 is 4.74 Å². The monoisotopic (exact) mass is 789 g/mol. The van der Waals surface area contributed by atoms with Crippen molar-refractivity contribution in [1.29, 1.82) is 0 Å². The van der Waals surface area contributed by atoms with E-state index in [1.54, 1.807) is 0 Å². The van der Waals surface area contributed by atoms with Crippen molar-refractivity contribution in [3.05, 3.63) is 29.8 Å². The first-order chi connectivity index (χ1) is 27.4. The molecule has 1 aromatic carbocycles. The normalized spacial score (nSPS) is 14.5. The van der Waals surface area contributed by atoms with Gasteiger partial charge in [0.2, 0.25) is 0 Å². The van der Waals surface area contributed by atoms with Gasteiger partial charge >= 0.3 is 0 Å². The predicted molar refractivity (Wildman–Crippen MR) is 211 cm³/mol. The second-order valence-corrected chi connectivity index (χ2v) is 13.2. The van der Waals surface area contributed by atoms with Crippen LogP contribution in [0.15, 0.2) is 24.3 Å². The Morgan fingerprint density at radius 2 is 0.818 bits per heavy atom. The zero-order valence-corrected chi connectivity index (χ0v) is 34.2. The Balaban J connectivity index is 1.16. The molecule has 0 aliphatic carbocycles. The van der Waals surface area contributed by atoms with Gasteiger partial charge in [0.25, 0.3) is 0 Å². The third-order valence-electron chi connectivity index (χ3n) is 8.51. The molecule has 1 heterocycles. The van der Waals surface area contributed by atoms with Crippen molar-refractivity contribution in [3.8, 4) is 5.75 Å². The number of unbranched alkanes of at least 4 members (excludes halogenated alkanes) is 6. The Morgan fingerprint density at radius 1 is 0.436 bits per heavy atom. The first-order valence-electron chi connectivity index (χ1n) is 21.1. The maximum atomic E-state index is 5.79. The van der Waals surface area contributed by atoms with E-state index in [1.165, 1.54) is 56.9 Å². The molecule has 0 N–H and O–H groups in total. The third-order valence-corrected chi connectivity index (χ3v) is 8.51. The van der Waals surface area contributed by atoms with Gasteiger partial charge in [-0.15, -0.1) is 0 Å². The topological polar surface area (TPSA) is 120 Å². The molecular formula is C42H76O13. The summed E-state index contributed by atoms with van der Waals surface area (Å²) in [6.07, 6.45) is 13.7. The quantitative estimate of drug-likeness (QED) is 0.0714. The second-order valence-electron chi connectivity index (χ2n) is 13.2. The molecule has 0 spiro atoms. The van der Waals surface area contributed by atoms with Gasteiger partial charge in [0.05, 0.1) is 139 Å². The number of rotatable bonds is 43. The van der Waals surface area contributed by atoms with Crippen LogP contribution in [0.4, 0.5) is 0 Å². The van der Waals surface area contributed by atoms with E-state index < -0.39 is 0 Å². The largest absolute Gasteiger partial charge is 0.491 e. The van der Waals surface area contributed by atoms with Gasteiger partial charge in [-0.2, -0.15) is 0 Å². The molecule has 0 bridgehead atoms. The summed E-state index contributed by atoms with van der Waals surface area (Å²) in [5, 5.41) is 0. The van der Waals surface area contributed by atoms with Gasteiger partial charge < -0.3 is 61.6 Å². The minimum Gasteiger partial charge on any atom is -0.491 e. The highest BCUT2D eigenvalue weighted by Gasteiger charge is 2.13. The first kappa shape index (κ1) is 49.7. The van der Waals surface area contributed by atoms with Crippen molar-refractivity contribution in [2.24, 2.45) is 0 Å². The van der Waals surface area contributed by atoms with E-state index in [1.807, 2.05) is 0 Å². The maximum absolute atomic E-state index is 5.79. The fourth-order valence-electron chi connectivity index (χ4n) is 5.42. The van der Waals surface area contributed by atoms with Crippen LogP contribution in [0.5, 0.6) is 5.75 Å². The second kappa shape index (κ2) is 40.7. The SMILES string of the molecule is CCCCCCCCCc1ccc(OCCOCCOCCOCCOCCOCCOCCOCCOCCOCCOCCOC2CCCCO2)cc1. The van der Waals surface area contributed by atoms with Crippen molar-refractivity contribution in [1.82, 2.24) is 0 Å².